The van der Waals surface area contributed by atoms with Gasteiger partial charge in [-0.05, 0) is 49.9 Å². The number of nitrogens with one attached hydrogen (secondary N) is 2. The first-order valence-electron chi connectivity index (χ1n) is 7.41. The Balaban J connectivity index is 1.54. The van der Waals surface area contributed by atoms with Gasteiger partial charge < -0.3 is 15.4 Å². The summed E-state index contributed by atoms with van der Waals surface area (Å²) in [6, 6.07) is 8.62. The minimum Gasteiger partial charge on any atom is -0.497 e. The SMILES string of the molecule is COc1ccc(CCC(=O)NCCCNC2CC2)cc1. The van der Waals surface area contributed by atoms with Crippen LogP contribution in [0.2, 0.25) is 0 Å². The third-order valence-electron chi connectivity index (χ3n) is 3.49. The van der Waals surface area contributed by atoms with Crippen molar-refractivity contribution in [1.82, 2.24) is 10.6 Å². The van der Waals surface area contributed by atoms with E-state index in [4.69, 9.17) is 4.74 Å². The van der Waals surface area contributed by atoms with Gasteiger partial charge in [0.1, 0.15) is 5.75 Å². The Labute approximate surface area is 120 Å². The second-order valence-corrected chi connectivity index (χ2v) is 5.28. The summed E-state index contributed by atoms with van der Waals surface area (Å²) in [6.07, 6.45) is 4.95. The van der Waals surface area contributed by atoms with Gasteiger partial charge in [-0.2, -0.15) is 0 Å². The molecule has 0 spiro atoms. The minimum absolute atomic E-state index is 0.132. The van der Waals surface area contributed by atoms with Gasteiger partial charge in [-0.3, -0.25) is 4.79 Å². The number of rotatable bonds is 9. The van der Waals surface area contributed by atoms with Gasteiger partial charge in [0, 0.05) is 19.0 Å². The van der Waals surface area contributed by atoms with Gasteiger partial charge in [-0.1, -0.05) is 12.1 Å². The monoisotopic (exact) mass is 276 g/mol. The van der Waals surface area contributed by atoms with Gasteiger partial charge >= 0.3 is 0 Å². The lowest BCUT2D eigenvalue weighted by molar-refractivity contribution is -0.121. The molecule has 1 aliphatic carbocycles. The summed E-state index contributed by atoms with van der Waals surface area (Å²) >= 11 is 0. The first-order valence-corrected chi connectivity index (χ1v) is 7.41. The summed E-state index contributed by atoms with van der Waals surface area (Å²) in [4.78, 5) is 11.7. The van der Waals surface area contributed by atoms with Crippen LogP contribution in [-0.4, -0.2) is 32.1 Å². The average Bonchev–Trinajstić information content (AvgIpc) is 3.29. The van der Waals surface area contributed by atoms with Gasteiger partial charge in [0.25, 0.3) is 0 Å². The lowest BCUT2D eigenvalue weighted by Gasteiger charge is -2.06. The van der Waals surface area contributed by atoms with Crippen molar-refractivity contribution in [3.05, 3.63) is 29.8 Å². The molecule has 0 bridgehead atoms. The van der Waals surface area contributed by atoms with Crippen molar-refractivity contribution in [2.45, 2.75) is 38.1 Å². The topological polar surface area (TPSA) is 50.4 Å². The molecule has 1 saturated carbocycles. The molecule has 1 aliphatic rings. The normalized spacial score (nSPS) is 14.1. The van der Waals surface area contributed by atoms with Crippen molar-refractivity contribution in [1.29, 1.82) is 0 Å². The van der Waals surface area contributed by atoms with Crippen molar-refractivity contribution >= 4 is 5.91 Å². The van der Waals surface area contributed by atoms with E-state index in [1.807, 2.05) is 24.3 Å². The molecule has 0 aromatic heterocycles. The number of hydrogen-bond donors (Lipinski definition) is 2. The van der Waals surface area contributed by atoms with E-state index in [1.54, 1.807) is 7.11 Å². The molecule has 110 valence electrons. The maximum absolute atomic E-state index is 11.7. The number of carbonyl (C=O) groups excluding carboxylic acids is 1. The lowest BCUT2D eigenvalue weighted by Crippen LogP contribution is -2.28. The smallest absolute Gasteiger partial charge is 0.220 e. The summed E-state index contributed by atoms with van der Waals surface area (Å²) < 4.78 is 5.11. The fourth-order valence-electron chi connectivity index (χ4n) is 2.05. The minimum atomic E-state index is 0.132. The van der Waals surface area contributed by atoms with Gasteiger partial charge in [0.2, 0.25) is 5.91 Å². The van der Waals surface area contributed by atoms with Crippen LogP contribution in [0.4, 0.5) is 0 Å². The molecule has 4 heteroatoms. The van der Waals surface area contributed by atoms with E-state index in [2.05, 4.69) is 10.6 Å². The van der Waals surface area contributed by atoms with Crippen molar-refractivity contribution in [3.8, 4) is 5.75 Å². The zero-order valence-corrected chi connectivity index (χ0v) is 12.2. The molecule has 0 unspecified atom stereocenters. The maximum atomic E-state index is 11.7. The Kier molecular flexibility index (Phi) is 5.87. The molecular weight excluding hydrogens is 252 g/mol. The van der Waals surface area contributed by atoms with E-state index in [0.717, 1.165) is 43.3 Å². The fraction of sp³-hybridized carbons (Fsp3) is 0.562. The molecule has 0 saturated heterocycles. The van der Waals surface area contributed by atoms with Crippen LogP contribution in [-0.2, 0) is 11.2 Å². The van der Waals surface area contributed by atoms with Crippen LogP contribution in [0.5, 0.6) is 5.75 Å². The first kappa shape index (κ1) is 14.9. The van der Waals surface area contributed by atoms with E-state index >= 15 is 0 Å². The zero-order chi connectivity index (χ0) is 14.2. The van der Waals surface area contributed by atoms with Crippen LogP contribution in [0.25, 0.3) is 0 Å². The van der Waals surface area contributed by atoms with Gasteiger partial charge in [0.05, 0.1) is 7.11 Å². The molecule has 4 nitrogen and oxygen atoms in total. The van der Waals surface area contributed by atoms with Gasteiger partial charge in [-0.25, -0.2) is 0 Å². The highest BCUT2D eigenvalue weighted by Crippen LogP contribution is 2.18. The molecule has 0 radical (unpaired) electrons. The van der Waals surface area contributed by atoms with Crippen LogP contribution < -0.4 is 15.4 Å². The van der Waals surface area contributed by atoms with Crippen molar-refractivity contribution in [2.75, 3.05) is 20.2 Å². The first-order chi connectivity index (χ1) is 9.78. The quantitative estimate of drug-likeness (QED) is 0.677. The van der Waals surface area contributed by atoms with E-state index in [0.29, 0.717) is 6.42 Å². The third-order valence-corrected chi connectivity index (χ3v) is 3.49. The third kappa shape index (κ3) is 5.61. The molecule has 0 heterocycles. The summed E-state index contributed by atoms with van der Waals surface area (Å²) in [6.45, 7) is 1.77. The van der Waals surface area contributed by atoms with E-state index < -0.39 is 0 Å². The second-order valence-electron chi connectivity index (χ2n) is 5.28. The molecule has 1 aromatic rings. The molecule has 0 atom stereocenters. The predicted octanol–water partition coefficient (Wildman–Crippen LogP) is 1.89. The van der Waals surface area contributed by atoms with Gasteiger partial charge in [-0.15, -0.1) is 0 Å². The van der Waals surface area contributed by atoms with Crippen LogP contribution in [0.3, 0.4) is 0 Å². The average molecular weight is 276 g/mol. The number of methoxy groups -OCH3 is 1. The van der Waals surface area contributed by atoms with E-state index in [9.17, 15) is 4.79 Å². The summed E-state index contributed by atoms with van der Waals surface area (Å²) in [5.74, 6) is 0.980. The number of amides is 1. The summed E-state index contributed by atoms with van der Waals surface area (Å²) in [7, 11) is 1.65. The molecule has 1 amide bonds. The van der Waals surface area contributed by atoms with Crippen LogP contribution in [0, 0.1) is 0 Å². The number of ether oxygens (including phenoxy) is 1. The van der Waals surface area contributed by atoms with E-state index in [-0.39, 0.29) is 5.91 Å². The predicted molar refractivity (Wildman–Crippen MR) is 80.0 cm³/mol. The van der Waals surface area contributed by atoms with E-state index in [1.165, 1.54) is 12.8 Å². The number of carbonyl (C=O) groups is 1. The molecule has 2 rings (SSSR count). The highest BCUT2D eigenvalue weighted by atomic mass is 16.5. The molecular formula is C16H24N2O2. The molecule has 1 fully saturated rings. The summed E-state index contributed by atoms with van der Waals surface area (Å²) in [5, 5.41) is 6.40. The maximum Gasteiger partial charge on any atom is 0.220 e. The highest BCUT2D eigenvalue weighted by Gasteiger charge is 2.19. The Morgan fingerprint density at radius 2 is 2.00 bits per heavy atom. The Morgan fingerprint density at radius 1 is 1.25 bits per heavy atom. The largest absolute Gasteiger partial charge is 0.497 e. The highest BCUT2D eigenvalue weighted by molar-refractivity contribution is 5.76. The zero-order valence-electron chi connectivity index (χ0n) is 12.2. The molecule has 0 aliphatic heterocycles. The van der Waals surface area contributed by atoms with Crippen molar-refractivity contribution in [3.63, 3.8) is 0 Å². The van der Waals surface area contributed by atoms with Crippen LogP contribution >= 0.6 is 0 Å². The number of aryl methyl sites for hydroxylation is 1. The number of benzene rings is 1. The molecule has 1 aromatic carbocycles. The fourth-order valence-corrected chi connectivity index (χ4v) is 2.05. The van der Waals surface area contributed by atoms with Gasteiger partial charge in [0.15, 0.2) is 0 Å². The van der Waals surface area contributed by atoms with Crippen LogP contribution in [0.15, 0.2) is 24.3 Å². The summed E-state index contributed by atoms with van der Waals surface area (Å²) in [5.41, 5.74) is 1.16. The standard InChI is InChI=1S/C16H24N2O2/c1-20-15-8-3-13(4-9-15)5-10-16(19)18-12-2-11-17-14-6-7-14/h3-4,8-9,14,17H,2,5-7,10-12H2,1H3,(H,18,19). The Morgan fingerprint density at radius 3 is 2.65 bits per heavy atom. The molecule has 20 heavy (non-hydrogen) atoms. The molecule has 2 N–H and O–H groups in total. The lowest BCUT2D eigenvalue weighted by atomic mass is 10.1. The second kappa shape index (κ2) is 7.90. The van der Waals surface area contributed by atoms with Crippen molar-refractivity contribution in [2.24, 2.45) is 0 Å². The van der Waals surface area contributed by atoms with Crippen molar-refractivity contribution < 1.29 is 9.53 Å². The Bertz CT molecular complexity index is 413. The van der Waals surface area contributed by atoms with Crippen LogP contribution in [0.1, 0.15) is 31.2 Å². The Hall–Kier alpha value is -1.55. The number of hydrogen-bond acceptors (Lipinski definition) is 3.